The average Bonchev–Trinajstić information content (AvgIpc) is 2.86. The maximum Gasteiger partial charge on any atom is 0.488 e. The van der Waals surface area contributed by atoms with E-state index in [0.29, 0.717) is 44.3 Å². The van der Waals surface area contributed by atoms with Crippen molar-refractivity contribution in [1.29, 1.82) is 0 Å². The van der Waals surface area contributed by atoms with E-state index in [4.69, 9.17) is 27.9 Å². The number of hydrogen-bond donors (Lipinski definition) is 2. The van der Waals surface area contributed by atoms with Crippen LogP contribution in [0.1, 0.15) is 23.2 Å². The first-order chi connectivity index (χ1) is 18.3. The van der Waals surface area contributed by atoms with Crippen molar-refractivity contribution in [2.75, 3.05) is 26.2 Å². The summed E-state index contributed by atoms with van der Waals surface area (Å²) in [7, 11) is 0. The summed E-state index contributed by atoms with van der Waals surface area (Å²) < 4.78 is 73.5. The van der Waals surface area contributed by atoms with Gasteiger partial charge < -0.3 is 20.1 Å². The predicted molar refractivity (Wildman–Crippen MR) is 134 cm³/mol. The molecular weight excluding hydrogens is 572 g/mol. The van der Waals surface area contributed by atoms with Crippen molar-refractivity contribution in [2.24, 2.45) is 0 Å². The number of ether oxygens (including phenoxy) is 1. The summed E-state index contributed by atoms with van der Waals surface area (Å²) in [6.45, 7) is 1.00. The number of aromatic nitrogens is 1. The van der Waals surface area contributed by atoms with Crippen LogP contribution in [0.5, 0.6) is 5.75 Å². The molecule has 1 atom stereocenters. The zero-order valence-electron chi connectivity index (χ0n) is 20.1. The van der Waals surface area contributed by atoms with Gasteiger partial charge in [0.2, 0.25) is 5.43 Å². The van der Waals surface area contributed by atoms with E-state index in [9.17, 15) is 36.6 Å². The lowest BCUT2D eigenvalue weighted by Crippen LogP contribution is -2.47. The van der Waals surface area contributed by atoms with Gasteiger partial charge in [-0.3, -0.25) is 14.2 Å². The van der Waals surface area contributed by atoms with E-state index in [1.54, 1.807) is 0 Å². The van der Waals surface area contributed by atoms with Crippen LogP contribution in [0, 0.1) is 11.6 Å². The molecule has 1 aliphatic heterocycles. The molecule has 1 aromatic heterocycles. The molecule has 0 aliphatic carbocycles. The molecule has 4 rings (SSSR count). The maximum atomic E-state index is 13.9. The third kappa shape index (κ3) is 6.81. The first kappa shape index (κ1) is 29.1. The minimum Gasteiger partial charge on any atom is -0.491 e. The van der Waals surface area contributed by atoms with Gasteiger partial charge in [-0.1, -0.05) is 23.2 Å². The Kier molecular flexibility index (Phi) is 8.69. The maximum absolute atomic E-state index is 13.9. The average molecular weight is 594 g/mol. The Labute approximate surface area is 228 Å². The number of nitrogens with one attached hydrogen (secondary N) is 1. The molecule has 2 aromatic carbocycles. The lowest BCUT2D eigenvalue weighted by atomic mass is 10.0. The molecule has 0 saturated carbocycles. The van der Waals surface area contributed by atoms with Crippen molar-refractivity contribution in [3.63, 3.8) is 0 Å². The molecule has 1 amide bonds. The topological polar surface area (TPSA) is 83.8 Å². The molecule has 1 aliphatic rings. The number of piperidine rings is 1. The van der Waals surface area contributed by atoms with E-state index in [-0.39, 0.29) is 28.5 Å². The smallest absolute Gasteiger partial charge is 0.488 e. The van der Waals surface area contributed by atoms with Crippen molar-refractivity contribution in [3.05, 3.63) is 74.0 Å². The van der Waals surface area contributed by atoms with Gasteiger partial charge in [0.1, 0.15) is 35.7 Å². The normalized spacial score (nSPS) is 15.9. The number of aliphatic hydroxyl groups excluding tert-OH is 1. The van der Waals surface area contributed by atoms with Crippen LogP contribution in [-0.2, 0) is 6.30 Å². The number of carbonyl (C=O) groups is 1. The fourth-order valence-electron chi connectivity index (χ4n) is 4.32. The standard InChI is InChI=1S/C25H22Cl2F5N3O4/c26-18-2-1-15(7-20(18)28)39-12-14(36)10-34-5-3-13(4-6-34)33-24(38)17-11-35(25(30,31)32)22-9-19(27)21(29)8-16(22)23(17)37/h1-2,7-9,11,13-14,36H,3-6,10,12H2,(H,33,38). The lowest BCUT2D eigenvalue weighted by molar-refractivity contribution is -0.201. The monoisotopic (exact) mass is 593 g/mol. The van der Waals surface area contributed by atoms with Crippen LogP contribution >= 0.6 is 23.2 Å². The number of pyridine rings is 1. The van der Waals surface area contributed by atoms with Crippen LogP contribution in [-0.4, -0.2) is 58.9 Å². The molecule has 0 radical (unpaired) electrons. The summed E-state index contributed by atoms with van der Waals surface area (Å²) in [5.74, 6) is -2.54. The van der Waals surface area contributed by atoms with Gasteiger partial charge in [0, 0.05) is 43.3 Å². The molecule has 210 valence electrons. The molecule has 2 N–H and O–H groups in total. The van der Waals surface area contributed by atoms with E-state index in [0.717, 1.165) is 6.07 Å². The van der Waals surface area contributed by atoms with Gasteiger partial charge in [-0.15, -0.1) is 13.2 Å². The Balaban J connectivity index is 1.37. The van der Waals surface area contributed by atoms with E-state index >= 15 is 0 Å². The van der Waals surface area contributed by atoms with Crippen LogP contribution in [0.3, 0.4) is 0 Å². The zero-order valence-corrected chi connectivity index (χ0v) is 21.6. The molecule has 1 fully saturated rings. The van der Waals surface area contributed by atoms with Gasteiger partial charge in [0.05, 0.1) is 15.6 Å². The number of β-amino-alcohol motifs (C(OH)–C–C–N with tert-alkyl or cyclic N) is 1. The number of likely N-dealkylation sites (tertiary alicyclic amines) is 1. The van der Waals surface area contributed by atoms with Crippen LogP contribution < -0.4 is 15.5 Å². The molecule has 1 unspecified atom stereocenters. The lowest BCUT2D eigenvalue weighted by Gasteiger charge is -2.33. The Morgan fingerprint density at radius 1 is 1.10 bits per heavy atom. The van der Waals surface area contributed by atoms with E-state index in [1.807, 2.05) is 4.90 Å². The highest BCUT2D eigenvalue weighted by molar-refractivity contribution is 6.31. The summed E-state index contributed by atoms with van der Waals surface area (Å²) in [5.41, 5.74) is -2.51. The highest BCUT2D eigenvalue weighted by Gasteiger charge is 2.34. The highest BCUT2D eigenvalue weighted by atomic mass is 35.5. The Bertz CT molecular complexity index is 1440. The number of carbonyl (C=O) groups excluding carboxylic acids is 1. The summed E-state index contributed by atoms with van der Waals surface area (Å²) >= 11 is 11.2. The summed E-state index contributed by atoms with van der Waals surface area (Å²) in [6, 6.07) is 4.73. The highest BCUT2D eigenvalue weighted by Crippen LogP contribution is 2.29. The molecule has 0 bridgehead atoms. The van der Waals surface area contributed by atoms with Crippen LogP contribution in [0.25, 0.3) is 10.9 Å². The SMILES string of the molecule is O=C(NC1CCN(CC(O)COc2ccc(Cl)c(F)c2)CC1)c1cn(C(F)(F)F)c2cc(Cl)c(F)cc2c1=O. The second kappa shape index (κ2) is 11.7. The minimum absolute atomic E-state index is 0.0525. The number of halogens is 7. The first-order valence-electron chi connectivity index (χ1n) is 11.7. The number of amides is 1. The summed E-state index contributed by atoms with van der Waals surface area (Å²) in [6.07, 6.45) is -4.73. The molecular formula is C25H22Cl2F5N3O4. The molecule has 2 heterocycles. The molecule has 39 heavy (non-hydrogen) atoms. The van der Waals surface area contributed by atoms with Crippen molar-refractivity contribution in [3.8, 4) is 5.75 Å². The second-order valence-electron chi connectivity index (χ2n) is 9.08. The number of nitrogens with zero attached hydrogens (tertiary/aromatic N) is 2. The number of hydrogen-bond acceptors (Lipinski definition) is 5. The quantitative estimate of drug-likeness (QED) is 0.388. The number of benzene rings is 2. The fraction of sp³-hybridized carbons (Fsp3) is 0.360. The Hall–Kier alpha value is -2.93. The third-order valence-electron chi connectivity index (χ3n) is 6.29. The van der Waals surface area contributed by atoms with Crippen LogP contribution in [0.4, 0.5) is 22.0 Å². The van der Waals surface area contributed by atoms with Crippen molar-refractivity contribution in [1.82, 2.24) is 14.8 Å². The molecule has 3 aromatic rings. The Morgan fingerprint density at radius 2 is 1.77 bits per heavy atom. The zero-order chi connectivity index (χ0) is 28.5. The largest absolute Gasteiger partial charge is 0.491 e. The van der Waals surface area contributed by atoms with Crippen LogP contribution in [0.2, 0.25) is 10.0 Å². The number of fused-ring (bicyclic) bond motifs is 1. The van der Waals surface area contributed by atoms with Gasteiger partial charge in [-0.2, -0.15) is 0 Å². The van der Waals surface area contributed by atoms with Gasteiger partial charge in [0.25, 0.3) is 5.91 Å². The van der Waals surface area contributed by atoms with Crippen molar-refractivity contribution in [2.45, 2.75) is 31.3 Å². The fourth-order valence-corrected chi connectivity index (χ4v) is 4.60. The van der Waals surface area contributed by atoms with Gasteiger partial charge in [-0.05, 0) is 37.1 Å². The van der Waals surface area contributed by atoms with Gasteiger partial charge >= 0.3 is 6.30 Å². The van der Waals surface area contributed by atoms with Gasteiger partial charge in [0.15, 0.2) is 0 Å². The molecule has 1 saturated heterocycles. The Morgan fingerprint density at radius 3 is 2.41 bits per heavy atom. The predicted octanol–water partition coefficient (Wildman–Crippen LogP) is 4.70. The third-order valence-corrected chi connectivity index (χ3v) is 6.88. The summed E-state index contributed by atoms with van der Waals surface area (Å²) in [5, 5.41) is 11.6. The number of aliphatic hydroxyl groups is 1. The molecule has 14 heteroatoms. The second-order valence-corrected chi connectivity index (χ2v) is 9.90. The van der Waals surface area contributed by atoms with Crippen LogP contribution in [0.15, 0.2) is 41.3 Å². The number of rotatable bonds is 7. The number of alkyl halides is 3. The van der Waals surface area contributed by atoms with E-state index in [1.165, 1.54) is 12.1 Å². The molecule has 7 nitrogen and oxygen atoms in total. The first-order valence-corrected chi connectivity index (χ1v) is 12.5. The summed E-state index contributed by atoms with van der Waals surface area (Å²) in [4.78, 5) is 27.5. The molecule has 0 spiro atoms. The van der Waals surface area contributed by atoms with Gasteiger partial charge in [-0.25, -0.2) is 8.78 Å². The minimum atomic E-state index is -5.00. The van der Waals surface area contributed by atoms with E-state index < -0.39 is 62.9 Å². The van der Waals surface area contributed by atoms with E-state index in [2.05, 4.69) is 5.32 Å². The van der Waals surface area contributed by atoms with Crippen molar-refractivity contribution >= 4 is 40.0 Å². The van der Waals surface area contributed by atoms with Crippen molar-refractivity contribution < 1.29 is 36.6 Å².